The number of aromatic nitrogens is 1. The van der Waals surface area contributed by atoms with Crippen LogP contribution in [0.2, 0.25) is 0 Å². The maximum atomic E-state index is 12.8. The van der Waals surface area contributed by atoms with E-state index in [9.17, 15) is 9.18 Å². The molecular weight excluding hydrogens is 263 g/mol. The molecule has 0 saturated carbocycles. The van der Waals surface area contributed by atoms with E-state index in [2.05, 4.69) is 10.1 Å². The molecule has 1 N–H and O–H groups in total. The van der Waals surface area contributed by atoms with Gasteiger partial charge in [0, 0.05) is 23.0 Å². The number of ether oxygens (including phenoxy) is 1. The van der Waals surface area contributed by atoms with Crippen molar-refractivity contribution >= 4 is 5.69 Å². The largest absolute Gasteiger partial charge is 0.491 e. The van der Waals surface area contributed by atoms with Gasteiger partial charge in [0.05, 0.1) is 7.11 Å². The number of nitrogens with zero attached hydrogens (tertiary/aromatic N) is 3. The van der Waals surface area contributed by atoms with Crippen molar-refractivity contribution < 1.29 is 9.13 Å². The molecular formula is C13H12FN4O2+. The average molecular weight is 275 g/mol. The molecule has 2 aromatic rings. The average Bonchev–Trinajstić information content (AvgIpc) is 2.46. The third kappa shape index (κ3) is 2.92. The molecule has 7 heteroatoms. The van der Waals surface area contributed by atoms with E-state index < -0.39 is 0 Å². The molecule has 0 bridgehead atoms. The van der Waals surface area contributed by atoms with Gasteiger partial charge in [-0.15, -0.1) is 0 Å². The molecule has 20 heavy (non-hydrogen) atoms. The highest BCUT2D eigenvalue weighted by atomic mass is 19.1. The summed E-state index contributed by atoms with van der Waals surface area (Å²) in [5.74, 6) is -0.187. The molecule has 0 atom stereocenters. The zero-order valence-corrected chi connectivity index (χ0v) is 10.7. The second-order valence-corrected chi connectivity index (χ2v) is 4.01. The number of hydrogen-bond acceptors (Lipinski definition) is 4. The first-order valence-electron chi connectivity index (χ1n) is 5.77. The van der Waals surface area contributed by atoms with E-state index in [1.807, 2.05) is 0 Å². The normalized spacial score (nSPS) is 9.85. The van der Waals surface area contributed by atoms with Gasteiger partial charge in [-0.1, -0.05) is 0 Å². The summed E-state index contributed by atoms with van der Waals surface area (Å²) >= 11 is 0. The van der Waals surface area contributed by atoms with Crippen molar-refractivity contribution in [3.8, 4) is 5.75 Å². The van der Waals surface area contributed by atoms with E-state index in [1.54, 1.807) is 0 Å². The fourth-order valence-electron chi connectivity index (χ4n) is 1.70. The molecule has 0 radical (unpaired) electrons. The molecule has 1 heterocycles. The second-order valence-electron chi connectivity index (χ2n) is 4.01. The Morgan fingerprint density at radius 2 is 2.10 bits per heavy atom. The Morgan fingerprint density at radius 1 is 1.40 bits per heavy atom. The van der Waals surface area contributed by atoms with Crippen LogP contribution in [0.25, 0.3) is 5.08 Å². The van der Waals surface area contributed by atoms with Crippen LogP contribution >= 0.6 is 0 Å². The zero-order chi connectivity index (χ0) is 14.5. The van der Waals surface area contributed by atoms with Gasteiger partial charge in [0.1, 0.15) is 18.0 Å². The Kier molecular flexibility index (Phi) is 3.96. The number of rotatable bonds is 4. The van der Waals surface area contributed by atoms with Crippen LogP contribution in [0, 0.1) is 11.2 Å². The Labute approximate surface area is 114 Å². The van der Waals surface area contributed by atoms with Gasteiger partial charge in [0.15, 0.2) is 5.75 Å². The van der Waals surface area contributed by atoms with Crippen molar-refractivity contribution in [1.29, 1.82) is 5.39 Å². The lowest BCUT2D eigenvalue weighted by atomic mass is 10.2. The van der Waals surface area contributed by atoms with Crippen molar-refractivity contribution in [3.05, 3.63) is 63.3 Å². The van der Waals surface area contributed by atoms with E-state index in [0.717, 1.165) is 0 Å². The third-order valence-electron chi connectivity index (χ3n) is 2.71. The number of methoxy groups -OCH3 is 1. The molecule has 6 nitrogen and oxygen atoms in total. The predicted octanol–water partition coefficient (Wildman–Crippen LogP) is 2.30. The molecule has 0 spiro atoms. The van der Waals surface area contributed by atoms with Gasteiger partial charge in [-0.2, -0.15) is 0 Å². The van der Waals surface area contributed by atoms with E-state index in [0.29, 0.717) is 11.4 Å². The van der Waals surface area contributed by atoms with Crippen LogP contribution in [-0.2, 0) is 6.54 Å². The number of nitrogens with one attached hydrogen (secondary N) is 1. The van der Waals surface area contributed by atoms with Gasteiger partial charge in [0.25, 0.3) is 5.39 Å². The van der Waals surface area contributed by atoms with Crippen LogP contribution in [0.1, 0.15) is 5.69 Å². The number of aromatic amines is 1. The lowest BCUT2D eigenvalue weighted by Crippen LogP contribution is -2.16. The van der Waals surface area contributed by atoms with Crippen molar-refractivity contribution in [2.75, 3.05) is 12.1 Å². The minimum Gasteiger partial charge on any atom is -0.491 e. The van der Waals surface area contributed by atoms with Crippen LogP contribution in [0.4, 0.5) is 10.1 Å². The summed E-state index contributed by atoms with van der Waals surface area (Å²) in [7, 11) is 1.40. The number of benzene rings is 1. The summed E-state index contributed by atoms with van der Waals surface area (Å²) in [6.45, 7) is 0.126. The zero-order valence-electron chi connectivity index (χ0n) is 10.7. The summed E-state index contributed by atoms with van der Waals surface area (Å²) in [6, 6.07) is 6.79. The van der Waals surface area contributed by atoms with Crippen LogP contribution in [-0.4, -0.2) is 12.1 Å². The van der Waals surface area contributed by atoms with Gasteiger partial charge in [-0.25, -0.2) is 4.39 Å². The summed E-state index contributed by atoms with van der Waals surface area (Å²) in [4.78, 5) is 14.5. The Morgan fingerprint density at radius 3 is 2.65 bits per heavy atom. The van der Waals surface area contributed by atoms with Gasteiger partial charge in [-0.05, 0) is 24.3 Å². The second kappa shape index (κ2) is 5.84. The highest BCUT2D eigenvalue weighted by molar-refractivity contribution is 5.47. The van der Waals surface area contributed by atoms with Crippen molar-refractivity contribution in [2.24, 2.45) is 0 Å². The van der Waals surface area contributed by atoms with Gasteiger partial charge >= 0.3 is 5.08 Å². The van der Waals surface area contributed by atoms with E-state index in [4.69, 9.17) is 10.1 Å². The molecule has 0 aliphatic heterocycles. The highest BCUT2D eigenvalue weighted by Gasteiger charge is 2.18. The lowest BCUT2D eigenvalue weighted by molar-refractivity contribution is 0.408. The SMILES string of the molecule is COc1c[nH]c(CN([N+]#N)c2ccc(F)cc2)cc1=O. The van der Waals surface area contributed by atoms with Crippen molar-refractivity contribution in [3.63, 3.8) is 0 Å². The number of halogens is 1. The number of pyridine rings is 1. The summed E-state index contributed by atoms with van der Waals surface area (Å²) in [5.41, 5.74) is 0.738. The fourth-order valence-corrected chi connectivity index (χ4v) is 1.70. The monoisotopic (exact) mass is 275 g/mol. The Bertz CT molecular complexity index is 691. The van der Waals surface area contributed by atoms with Crippen molar-refractivity contribution in [1.82, 2.24) is 4.98 Å². The summed E-state index contributed by atoms with van der Waals surface area (Å²) < 4.78 is 17.7. The van der Waals surface area contributed by atoms with E-state index >= 15 is 0 Å². The first-order valence-corrected chi connectivity index (χ1v) is 5.77. The molecule has 0 aliphatic carbocycles. The first-order chi connectivity index (χ1) is 9.63. The third-order valence-corrected chi connectivity index (χ3v) is 2.71. The molecule has 0 unspecified atom stereocenters. The molecule has 0 aliphatic rings. The predicted molar refractivity (Wildman–Crippen MR) is 71.3 cm³/mol. The molecule has 0 fully saturated rings. The van der Waals surface area contributed by atoms with Crippen LogP contribution < -0.4 is 15.2 Å². The number of H-pyrrole nitrogens is 1. The van der Waals surface area contributed by atoms with E-state index in [-0.39, 0.29) is 23.5 Å². The summed E-state index contributed by atoms with van der Waals surface area (Å²) in [5, 5.41) is 13.4. The van der Waals surface area contributed by atoms with Gasteiger partial charge in [-0.3, -0.25) is 4.79 Å². The number of anilines is 1. The highest BCUT2D eigenvalue weighted by Crippen LogP contribution is 2.17. The Hall–Kier alpha value is -2.88. The van der Waals surface area contributed by atoms with Gasteiger partial charge in [0.2, 0.25) is 5.43 Å². The van der Waals surface area contributed by atoms with Gasteiger partial charge < -0.3 is 9.72 Å². The standard InChI is InChI=1S/C13H11FN4O2/c1-20-13-7-16-10(6-12(13)19)8-18(17-15)11-4-2-9(14)3-5-11/h2-7H,8H2,1H3/p+1. The fraction of sp³-hybridized carbons (Fsp3) is 0.154. The molecule has 1 aromatic heterocycles. The number of diazo groups is 1. The smallest absolute Gasteiger partial charge is 0.311 e. The van der Waals surface area contributed by atoms with Crippen LogP contribution in [0.15, 0.2) is 41.3 Å². The maximum absolute atomic E-state index is 12.8. The maximum Gasteiger partial charge on any atom is 0.311 e. The molecule has 0 saturated heterocycles. The molecule has 0 amide bonds. The topological polar surface area (TPSA) is 73.5 Å². The first kappa shape index (κ1) is 13.5. The molecule has 102 valence electrons. The quantitative estimate of drug-likeness (QED) is 0.686. The lowest BCUT2D eigenvalue weighted by Gasteiger charge is -2.05. The van der Waals surface area contributed by atoms with Crippen LogP contribution in [0.3, 0.4) is 0 Å². The van der Waals surface area contributed by atoms with Crippen LogP contribution in [0.5, 0.6) is 5.75 Å². The van der Waals surface area contributed by atoms with Crippen molar-refractivity contribution in [2.45, 2.75) is 6.54 Å². The Balaban J connectivity index is 2.23. The minimum absolute atomic E-state index is 0.126. The minimum atomic E-state index is -0.385. The molecule has 2 rings (SSSR count). The summed E-state index contributed by atoms with van der Waals surface area (Å²) in [6.07, 6.45) is 1.43. The molecule has 1 aromatic carbocycles. The van der Waals surface area contributed by atoms with E-state index in [1.165, 1.54) is 48.6 Å². The number of hydrogen-bond donors (Lipinski definition) is 1.